The van der Waals surface area contributed by atoms with Gasteiger partial charge in [-0.15, -0.1) is 0 Å². The third kappa shape index (κ3) is 5.23. The molecule has 35 heavy (non-hydrogen) atoms. The molecular weight excluding hydrogens is 494 g/mol. The maximum atomic E-state index is 14.7. The van der Waals surface area contributed by atoms with Crippen LogP contribution in [0, 0.1) is 23.3 Å². The van der Waals surface area contributed by atoms with E-state index in [0.29, 0.717) is 26.9 Å². The van der Waals surface area contributed by atoms with Crippen molar-refractivity contribution in [2.75, 3.05) is 14.2 Å². The van der Waals surface area contributed by atoms with Crippen LogP contribution >= 0.6 is 0 Å². The molecule has 0 saturated heterocycles. The van der Waals surface area contributed by atoms with Crippen LogP contribution in [-0.2, 0) is 23.1 Å². The van der Waals surface area contributed by atoms with Gasteiger partial charge in [0.2, 0.25) is 10.0 Å². The van der Waals surface area contributed by atoms with Crippen LogP contribution in [0.5, 0.6) is 11.5 Å². The van der Waals surface area contributed by atoms with Crippen LogP contribution < -0.4 is 9.47 Å². The summed E-state index contributed by atoms with van der Waals surface area (Å²) in [6.07, 6.45) is 0. The number of carboxylic acid groups (broad SMARTS) is 1. The molecule has 3 aromatic carbocycles. The lowest BCUT2D eigenvalue weighted by atomic mass is 10.2. The molecular formula is C23H19F4NO6S. The van der Waals surface area contributed by atoms with Gasteiger partial charge in [0.25, 0.3) is 0 Å². The second-order valence-electron chi connectivity index (χ2n) is 7.23. The summed E-state index contributed by atoms with van der Waals surface area (Å²) in [5, 5.41) is 8.88. The Morgan fingerprint density at radius 1 is 0.771 bits per heavy atom. The fourth-order valence-corrected chi connectivity index (χ4v) is 4.78. The SMILES string of the molecule is COc1ccc(CN(Cc2ccc(OC)cc2)S(=O)(=O)c2c(F)c(F)c(C(=O)O)c(F)c2F)cc1. The smallest absolute Gasteiger partial charge is 0.341 e. The van der Waals surface area contributed by atoms with Gasteiger partial charge in [-0.25, -0.2) is 30.8 Å². The maximum Gasteiger partial charge on any atom is 0.341 e. The van der Waals surface area contributed by atoms with Crippen molar-refractivity contribution in [2.45, 2.75) is 18.0 Å². The maximum absolute atomic E-state index is 14.7. The summed E-state index contributed by atoms with van der Waals surface area (Å²) < 4.78 is 95.4. The van der Waals surface area contributed by atoms with Crippen LogP contribution in [0.4, 0.5) is 17.6 Å². The van der Waals surface area contributed by atoms with E-state index in [9.17, 15) is 30.8 Å². The molecule has 3 aromatic rings. The molecule has 12 heteroatoms. The first-order chi connectivity index (χ1) is 16.5. The van der Waals surface area contributed by atoms with Gasteiger partial charge in [0.1, 0.15) is 17.1 Å². The topological polar surface area (TPSA) is 93.1 Å². The van der Waals surface area contributed by atoms with E-state index in [4.69, 9.17) is 14.6 Å². The average molecular weight is 513 g/mol. The molecule has 0 heterocycles. The van der Waals surface area contributed by atoms with E-state index in [-0.39, 0.29) is 0 Å². The number of sulfonamides is 1. The minimum atomic E-state index is -5.23. The molecule has 0 unspecified atom stereocenters. The van der Waals surface area contributed by atoms with Gasteiger partial charge in [-0.05, 0) is 35.4 Å². The van der Waals surface area contributed by atoms with Crippen LogP contribution in [0.15, 0.2) is 53.4 Å². The number of ether oxygens (including phenoxy) is 2. The van der Waals surface area contributed by atoms with E-state index in [1.54, 1.807) is 0 Å². The van der Waals surface area contributed by atoms with Crippen LogP contribution in [0.1, 0.15) is 21.5 Å². The summed E-state index contributed by atoms with van der Waals surface area (Å²) in [6.45, 7) is -0.887. The average Bonchev–Trinajstić information content (AvgIpc) is 2.83. The predicted octanol–water partition coefficient (Wildman–Crippen LogP) is 4.35. The van der Waals surface area contributed by atoms with Crippen molar-refractivity contribution in [3.63, 3.8) is 0 Å². The first kappa shape index (κ1) is 26.0. The van der Waals surface area contributed by atoms with Gasteiger partial charge in [-0.2, -0.15) is 4.31 Å². The third-order valence-electron chi connectivity index (χ3n) is 5.07. The summed E-state index contributed by atoms with van der Waals surface area (Å²) in [7, 11) is -2.39. The van der Waals surface area contributed by atoms with Gasteiger partial charge >= 0.3 is 5.97 Å². The molecule has 0 atom stereocenters. The summed E-state index contributed by atoms with van der Waals surface area (Å²) in [4.78, 5) is 9.10. The molecule has 0 fully saturated rings. The second-order valence-corrected chi connectivity index (χ2v) is 9.11. The fraction of sp³-hybridized carbons (Fsp3) is 0.174. The van der Waals surface area contributed by atoms with E-state index in [2.05, 4.69) is 0 Å². The van der Waals surface area contributed by atoms with Crippen LogP contribution in [0.25, 0.3) is 0 Å². The highest BCUT2D eigenvalue weighted by Gasteiger charge is 2.38. The normalized spacial score (nSPS) is 11.5. The number of rotatable bonds is 9. The summed E-state index contributed by atoms with van der Waals surface area (Å²) in [5.74, 6) is -10.7. The van der Waals surface area contributed by atoms with Gasteiger partial charge in [0.05, 0.1) is 14.2 Å². The molecule has 0 aliphatic carbocycles. The third-order valence-corrected chi connectivity index (χ3v) is 6.88. The molecule has 0 spiro atoms. The van der Waals surface area contributed by atoms with Crippen molar-refractivity contribution in [1.82, 2.24) is 4.31 Å². The summed E-state index contributed by atoms with van der Waals surface area (Å²) in [5.41, 5.74) is -1.20. The molecule has 0 radical (unpaired) electrons. The number of hydrogen-bond acceptors (Lipinski definition) is 5. The van der Waals surface area contributed by atoms with E-state index in [0.717, 1.165) is 0 Å². The van der Waals surface area contributed by atoms with Gasteiger partial charge in [-0.3, -0.25) is 0 Å². The van der Waals surface area contributed by atoms with Crippen molar-refractivity contribution >= 4 is 16.0 Å². The van der Waals surface area contributed by atoms with Crippen molar-refractivity contribution in [3.05, 3.63) is 88.5 Å². The van der Waals surface area contributed by atoms with Crippen molar-refractivity contribution in [2.24, 2.45) is 0 Å². The molecule has 7 nitrogen and oxygen atoms in total. The van der Waals surface area contributed by atoms with Crippen molar-refractivity contribution in [1.29, 1.82) is 0 Å². The van der Waals surface area contributed by atoms with E-state index < -0.39 is 62.8 Å². The molecule has 186 valence electrons. The number of benzene rings is 3. The first-order valence-corrected chi connectivity index (χ1v) is 11.3. The number of carbonyl (C=O) groups is 1. The lowest BCUT2D eigenvalue weighted by Gasteiger charge is -2.24. The highest BCUT2D eigenvalue weighted by Crippen LogP contribution is 2.31. The Morgan fingerprint density at radius 3 is 1.46 bits per heavy atom. The van der Waals surface area contributed by atoms with E-state index in [1.807, 2.05) is 0 Å². The predicted molar refractivity (Wildman–Crippen MR) is 116 cm³/mol. The van der Waals surface area contributed by atoms with Crippen LogP contribution in [-0.4, -0.2) is 38.0 Å². The monoisotopic (exact) mass is 513 g/mol. The molecule has 0 aliphatic heterocycles. The second kappa shape index (κ2) is 10.3. The lowest BCUT2D eigenvalue weighted by Crippen LogP contribution is -2.32. The number of aromatic carboxylic acids is 1. The molecule has 0 amide bonds. The number of methoxy groups -OCH3 is 2. The fourth-order valence-electron chi connectivity index (χ4n) is 3.25. The quantitative estimate of drug-likeness (QED) is 0.338. The van der Waals surface area contributed by atoms with Gasteiger partial charge in [-0.1, -0.05) is 24.3 Å². The van der Waals surface area contributed by atoms with Crippen molar-refractivity contribution < 1.29 is 45.4 Å². The minimum Gasteiger partial charge on any atom is -0.497 e. The van der Waals surface area contributed by atoms with E-state index in [1.165, 1.54) is 62.8 Å². The van der Waals surface area contributed by atoms with Crippen molar-refractivity contribution in [3.8, 4) is 11.5 Å². The molecule has 3 rings (SSSR count). The Kier molecular flexibility index (Phi) is 7.66. The zero-order valence-corrected chi connectivity index (χ0v) is 19.2. The highest BCUT2D eigenvalue weighted by molar-refractivity contribution is 7.89. The van der Waals surface area contributed by atoms with Crippen LogP contribution in [0.3, 0.4) is 0 Å². The Morgan fingerprint density at radius 2 is 1.14 bits per heavy atom. The summed E-state index contributed by atoms with van der Waals surface area (Å²) in [6, 6.07) is 12.1. The van der Waals surface area contributed by atoms with Gasteiger partial charge < -0.3 is 14.6 Å². The van der Waals surface area contributed by atoms with Gasteiger partial charge in [0.15, 0.2) is 28.2 Å². The standard InChI is InChI=1S/C23H19F4NO6S/c1-33-15-7-3-13(4-8-15)11-28(12-14-5-9-16(34-2)10-6-14)35(31,32)22-20(26)18(24)17(23(29)30)19(25)21(22)27/h3-10H,11-12H2,1-2H3,(H,29,30). The number of hydrogen-bond donors (Lipinski definition) is 1. The number of nitrogens with zero attached hydrogens (tertiary/aromatic N) is 1. The Bertz CT molecular complexity index is 1270. The zero-order chi connectivity index (χ0) is 25.9. The lowest BCUT2D eigenvalue weighted by molar-refractivity contribution is 0.0682. The molecule has 0 bridgehead atoms. The van der Waals surface area contributed by atoms with E-state index >= 15 is 0 Å². The molecule has 1 N–H and O–H groups in total. The molecule has 0 aromatic heterocycles. The zero-order valence-electron chi connectivity index (χ0n) is 18.4. The number of halogens is 4. The number of carboxylic acids is 1. The summed E-state index contributed by atoms with van der Waals surface area (Å²) >= 11 is 0. The van der Waals surface area contributed by atoms with Gasteiger partial charge in [0, 0.05) is 13.1 Å². The first-order valence-electron chi connectivity index (χ1n) is 9.86. The highest BCUT2D eigenvalue weighted by atomic mass is 32.2. The Labute approximate surface area is 198 Å². The Balaban J connectivity index is 2.14. The Hall–Kier alpha value is -3.64. The molecule has 0 aliphatic rings. The molecule has 0 saturated carbocycles. The largest absolute Gasteiger partial charge is 0.497 e. The van der Waals surface area contributed by atoms with Crippen LogP contribution in [0.2, 0.25) is 0 Å². The minimum absolute atomic E-state index is 0.367.